The standard InChI is InChI=1S/C16H19Cl2N3O2/c17-13-7-6-12(14(18)8-13)9-20-21-15(22)10-19-16(23)11-4-2-1-3-5-11/h6-9,11H,1-5,10H2,(H,19,23)(H,21,22)/b20-9+. The molecule has 7 heteroatoms. The van der Waals surface area contributed by atoms with Crippen molar-refractivity contribution >= 4 is 41.2 Å². The average molecular weight is 356 g/mol. The van der Waals surface area contributed by atoms with Gasteiger partial charge in [-0.05, 0) is 25.0 Å². The van der Waals surface area contributed by atoms with Gasteiger partial charge in [0.2, 0.25) is 5.91 Å². The maximum atomic E-state index is 11.9. The Morgan fingerprint density at radius 1 is 1.22 bits per heavy atom. The molecule has 1 aliphatic carbocycles. The van der Waals surface area contributed by atoms with E-state index in [1.165, 1.54) is 12.6 Å². The van der Waals surface area contributed by atoms with Gasteiger partial charge in [-0.2, -0.15) is 5.10 Å². The number of amides is 2. The molecule has 5 nitrogen and oxygen atoms in total. The van der Waals surface area contributed by atoms with Crippen molar-refractivity contribution in [1.82, 2.24) is 10.7 Å². The van der Waals surface area contributed by atoms with Crippen LogP contribution in [0.1, 0.15) is 37.7 Å². The molecule has 1 aliphatic rings. The predicted octanol–water partition coefficient (Wildman–Crippen LogP) is 3.14. The van der Waals surface area contributed by atoms with Crippen molar-refractivity contribution < 1.29 is 9.59 Å². The number of carbonyl (C=O) groups excluding carboxylic acids is 2. The zero-order valence-electron chi connectivity index (χ0n) is 12.6. The fourth-order valence-corrected chi connectivity index (χ4v) is 2.95. The van der Waals surface area contributed by atoms with Crippen LogP contribution >= 0.6 is 23.2 Å². The van der Waals surface area contributed by atoms with Crippen LogP contribution in [0.4, 0.5) is 0 Å². The molecule has 23 heavy (non-hydrogen) atoms. The lowest BCUT2D eigenvalue weighted by molar-refractivity contribution is -0.129. The van der Waals surface area contributed by atoms with Gasteiger partial charge >= 0.3 is 0 Å². The van der Waals surface area contributed by atoms with Crippen molar-refractivity contribution in [1.29, 1.82) is 0 Å². The molecule has 2 N–H and O–H groups in total. The molecule has 124 valence electrons. The van der Waals surface area contributed by atoms with Gasteiger partial charge in [0.1, 0.15) is 0 Å². The molecule has 0 aromatic heterocycles. The first-order valence-electron chi connectivity index (χ1n) is 7.61. The molecule has 0 unspecified atom stereocenters. The van der Waals surface area contributed by atoms with Crippen LogP contribution in [0.25, 0.3) is 0 Å². The highest BCUT2D eigenvalue weighted by Crippen LogP contribution is 2.23. The Morgan fingerprint density at radius 2 is 1.96 bits per heavy atom. The van der Waals surface area contributed by atoms with Gasteiger partial charge in [0.05, 0.1) is 17.8 Å². The van der Waals surface area contributed by atoms with Gasteiger partial charge < -0.3 is 5.32 Å². The lowest BCUT2D eigenvalue weighted by Gasteiger charge is -2.20. The zero-order valence-corrected chi connectivity index (χ0v) is 14.2. The summed E-state index contributed by atoms with van der Waals surface area (Å²) in [6.45, 7) is -0.0823. The summed E-state index contributed by atoms with van der Waals surface area (Å²) in [6.07, 6.45) is 6.58. The maximum absolute atomic E-state index is 11.9. The molecule has 1 fully saturated rings. The molecule has 0 bridgehead atoms. The van der Waals surface area contributed by atoms with Crippen molar-refractivity contribution in [2.75, 3.05) is 6.54 Å². The SMILES string of the molecule is O=C(CNC(=O)C1CCCCC1)N/N=C/c1ccc(Cl)cc1Cl. The summed E-state index contributed by atoms with van der Waals surface area (Å²) in [5, 5.41) is 7.45. The topological polar surface area (TPSA) is 70.6 Å². The minimum absolute atomic E-state index is 0.0351. The van der Waals surface area contributed by atoms with Crippen LogP contribution in [-0.2, 0) is 9.59 Å². The summed E-state index contributed by atoms with van der Waals surface area (Å²) < 4.78 is 0. The summed E-state index contributed by atoms with van der Waals surface area (Å²) in [6, 6.07) is 4.98. The first-order chi connectivity index (χ1) is 11.1. The summed E-state index contributed by atoms with van der Waals surface area (Å²) in [5.74, 6) is -0.395. The van der Waals surface area contributed by atoms with Crippen LogP contribution in [0.2, 0.25) is 10.0 Å². The van der Waals surface area contributed by atoms with Gasteiger partial charge in [0.15, 0.2) is 0 Å². The van der Waals surface area contributed by atoms with E-state index in [2.05, 4.69) is 15.8 Å². The molecule has 0 aliphatic heterocycles. The third kappa shape index (κ3) is 5.84. The van der Waals surface area contributed by atoms with Gasteiger partial charge in [0.25, 0.3) is 5.91 Å². The normalized spacial score (nSPS) is 15.6. The van der Waals surface area contributed by atoms with Gasteiger partial charge in [-0.15, -0.1) is 0 Å². The van der Waals surface area contributed by atoms with Crippen LogP contribution in [0.5, 0.6) is 0 Å². The fraction of sp³-hybridized carbons (Fsp3) is 0.438. The second kappa shape index (κ2) is 8.89. The van der Waals surface area contributed by atoms with E-state index in [4.69, 9.17) is 23.2 Å². The number of hydrazone groups is 1. The van der Waals surface area contributed by atoms with Gasteiger partial charge in [0, 0.05) is 16.5 Å². The molecule has 0 atom stereocenters. The minimum Gasteiger partial charge on any atom is -0.347 e. The number of carbonyl (C=O) groups is 2. The second-order valence-electron chi connectivity index (χ2n) is 5.51. The van der Waals surface area contributed by atoms with E-state index in [0.29, 0.717) is 15.6 Å². The van der Waals surface area contributed by atoms with Crippen molar-refractivity contribution in [3.8, 4) is 0 Å². The van der Waals surface area contributed by atoms with E-state index < -0.39 is 0 Å². The van der Waals surface area contributed by atoms with E-state index in [1.54, 1.807) is 18.2 Å². The number of benzene rings is 1. The Balaban J connectivity index is 1.74. The van der Waals surface area contributed by atoms with Crippen LogP contribution < -0.4 is 10.7 Å². The third-order valence-electron chi connectivity index (χ3n) is 3.75. The molecule has 1 saturated carbocycles. The first kappa shape index (κ1) is 17.8. The van der Waals surface area contributed by atoms with Gasteiger partial charge in [-0.1, -0.05) is 48.5 Å². The van der Waals surface area contributed by atoms with Gasteiger partial charge in [-0.3, -0.25) is 9.59 Å². The molecule has 1 aromatic carbocycles. The fourth-order valence-electron chi connectivity index (χ4n) is 2.50. The third-order valence-corrected chi connectivity index (χ3v) is 4.32. The molecule has 0 radical (unpaired) electrons. The monoisotopic (exact) mass is 355 g/mol. The predicted molar refractivity (Wildman–Crippen MR) is 91.8 cm³/mol. The van der Waals surface area contributed by atoms with E-state index in [0.717, 1.165) is 25.7 Å². The summed E-state index contributed by atoms with van der Waals surface area (Å²) in [4.78, 5) is 23.6. The van der Waals surface area contributed by atoms with Crippen molar-refractivity contribution in [3.05, 3.63) is 33.8 Å². The first-order valence-corrected chi connectivity index (χ1v) is 8.36. The van der Waals surface area contributed by atoms with Crippen LogP contribution in [0.3, 0.4) is 0 Å². The highest BCUT2D eigenvalue weighted by Gasteiger charge is 2.21. The van der Waals surface area contributed by atoms with Crippen LogP contribution in [-0.4, -0.2) is 24.6 Å². The number of rotatable bonds is 5. The van der Waals surface area contributed by atoms with Crippen molar-refractivity contribution in [2.24, 2.45) is 11.0 Å². The van der Waals surface area contributed by atoms with Crippen LogP contribution in [0, 0.1) is 5.92 Å². The summed E-state index contributed by atoms with van der Waals surface area (Å²) in [5.41, 5.74) is 3.00. The Bertz CT molecular complexity index is 599. The molecule has 2 amide bonds. The van der Waals surface area contributed by atoms with Gasteiger partial charge in [-0.25, -0.2) is 5.43 Å². The number of nitrogens with zero attached hydrogens (tertiary/aromatic N) is 1. The molecule has 0 spiro atoms. The lowest BCUT2D eigenvalue weighted by Crippen LogP contribution is -2.38. The van der Waals surface area contributed by atoms with E-state index >= 15 is 0 Å². The molecular weight excluding hydrogens is 337 g/mol. The minimum atomic E-state index is -0.379. The summed E-state index contributed by atoms with van der Waals surface area (Å²) in [7, 11) is 0. The Morgan fingerprint density at radius 3 is 2.65 bits per heavy atom. The molecule has 2 rings (SSSR count). The lowest BCUT2D eigenvalue weighted by atomic mass is 9.89. The Hall–Kier alpha value is -1.59. The largest absolute Gasteiger partial charge is 0.347 e. The number of hydrogen-bond donors (Lipinski definition) is 2. The van der Waals surface area contributed by atoms with E-state index in [1.807, 2.05) is 0 Å². The average Bonchev–Trinajstić information content (AvgIpc) is 2.55. The maximum Gasteiger partial charge on any atom is 0.259 e. The number of halogens is 2. The highest BCUT2D eigenvalue weighted by atomic mass is 35.5. The second-order valence-corrected chi connectivity index (χ2v) is 6.36. The molecule has 0 heterocycles. The highest BCUT2D eigenvalue weighted by molar-refractivity contribution is 6.36. The number of hydrogen-bond acceptors (Lipinski definition) is 3. The summed E-state index contributed by atoms with van der Waals surface area (Å²) >= 11 is 11.8. The quantitative estimate of drug-likeness (QED) is 0.629. The zero-order chi connectivity index (χ0) is 16.7. The molecular formula is C16H19Cl2N3O2. The molecule has 1 aromatic rings. The van der Waals surface area contributed by atoms with Crippen molar-refractivity contribution in [3.63, 3.8) is 0 Å². The Kier molecular flexibility index (Phi) is 6.86. The van der Waals surface area contributed by atoms with E-state index in [-0.39, 0.29) is 24.3 Å². The smallest absolute Gasteiger partial charge is 0.259 e. The van der Waals surface area contributed by atoms with Crippen LogP contribution in [0.15, 0.2) is 23.3 Å². The Labute approximate surface area is 145 Å². The number of nitrogens with one attached hydrogen (secondary N) is 2. The van der Waals surface area contributed by atoms with E-state index in [9.17, 15) is 9.59 Å². The van der Waals surface area contributed by atoms with Crippen molar-refractivity contribution in [2.45, 2.75) is 32.1 Å². The molecule has 0 saturated heterocycles.